The average Bonchev–Trinajstić information content (AvgIpc) is 1.91. The molecule has 0 saturated carbocycles. The first-order chi connectivity index (χ1) is 3.30. The van der Waals surface area contributed by atoms with Gasteiger partial charge in [0.15, 0.2) is 0 Å². The zero-order valence-electron chi connectivity index (χ0n) is 6.10. The molecule has 0 N–H and O–H groups in total. The molecule has 1 aliphatic carbocycles. The van der Waals surface area contributed by atoms with Gasteiger partial charge in [-0.05, 0) is 0 Å². The van der Waals surface area contributed by atoms with E-state index in [9.17, 15) is 0 Å². The van der Waals surface area contributed by atoms with Crippen molar-refractivity contribution in [3.63, 3.8) is 0 Å². The largest absolute Gasteiger partial charge is 0.270 e. The molecular weight excluding hydrogens is 333 g/mol. The van der Waals surface area contributed by atoms with Gasteiger partial charge in [-0.1, -0.05) is 6.92 Å². The molecule has 10 heavy (non-hydrogen) atoms. The third-order valence-electron chi connectivity index (χ3n) is 1.37. The Morgan fingerprint density at radius 1 is 1.30 bits per heavy atom. The van der Waals surface area contributed by atoms with Gasteiger partial charge in [0.25, 0.3) is 0 Å². The minimum atomic E-state index is 0. The summed E-state index contributed by atoms with van der Waals surface area (Å²) in [6.45, 7) is 4.22. The van der Waals surface area contributed by atoms with Gasteiger partial charge in [0.2, 0.25) is 0 Å². The van der Waals surface area contributed by atoms with E-state index in [1.807, 2.05) is 0 Å². The van der Waals surface area contributed by atoms with E-state index in [1.54, 1.807) is 0 Å². The summed E-state index contributed by atoms with van der Waals surface area (Å²) in [5.74, 6) is 0. The predicted molar refractivity (Wildman–Crippen MR) is 45.3 cm³/mol. The van der Waals surface area contributed by atoms with Crippen molar-refractivity contribution in [1.29, 1.82) is 0 Å². The van der Waals surface area contributed by atoms with Gasteiger partial charge < -0.3 is 0 Å². The maximum atomic E-state index is 3.19. The Morgan fingerprint density at radius 3 is 1.90 bits per heavy atom. The van der Waals surface area contributed by atoms with Gasteiger partial charge in [-0.15, -0.1) is 38.2 Å². The van der Waals surface area contributed by atoms with E-state index in [0.29, 0.717) is 0 Å². The van der Waals surface area contributed by atoms with Gasteiger partial charge in [0.1, 0.15) is 0 Å². The molecule has 0 saturated heterocycles. The molecule has 58 valence electrons. The molecule has 0 nitrogen and oxygen atoms in total. The van der Waals surface area contributed by atoms with Crippen LogP contribution in [0, 0.1) is 6.08 Å². The van der Waals surface area contributed by atoms with Crippen molar-refractivity contribution in [1.82, 2.24) is 0 Å². The first-order valence-corrected chi connectivity index (χ1v) is 2.55. The van der Waals surface area contributed by atoms with E-state index in [0.717, 1.165) is 6.42 Å². The second-order valence-electron chi connectivity index (χ2n) is 1.89. The number of rotatable bonds is 0. The first kappa shape index (κ1) is 17.1. The van der Waals surface area contributed by atoms with Crippen LogP contribution in [0.25, 0.3) is 0 Å². The molecule has 0 aromatic carbocycles. The van der Waals surface area contributed by atoms with Gasteiger partial charge in [-0.2, -0.15) is 6.08 Å². The van der Waals surface area contributed by atoms with Crippen molar-refractivity contribution in [3.05, 3.63) is 23.3 Å². The summed E-state index contributed by atoms with van der Waals surface area (Å²) in [4.78, 5) is 0. The van der Waals surface area contributed by atoms with Crippen molar-refractivity contribution in [3.8, 4) is 0 Å². The molecule has 0 amide bonds. The molecule has 0 fully saturated rings. The third-order valence-corrected chi connectivity index (χ3v) is 1.37. The molecule has 1 rings (SSSR count). The van der Waals surface area contributed by atoms with Crippen molar-refractivity contribution < 1.29 is 25.8 Å². The summed E-state index contributed by atoms with van der Waals surface area (Å²) >= 11 is 0. The number of hydrogen-bond acceptors (Lipinski definition) is 0. The zero-order valence-corrected chi connectivity index (χ0v) is 11.3. The molecule has 0 bridgehead atoms. The van der Waals surface area contributed by atoms with Crippen LogP contribution in [0.15, 0.2) is 17.2 Å². The molecule has 0 spiro atoms. The van der Waals surface area contributed by atoms with Crippen molar-refractivity contribution in [2.45, 2.75) is 20.3 Å². The minimum absolute atomic E-state index is 0. The second kappa shape index (κ2) is 8.03. The van der Waals surface area contributed by atoms with E-state index < -0.39 is 0 Å². The molecule has 1 aliphatic rings. The van der Waals surface area contributed by atoms with E-state index >= 15 is 0 Å². The Bertz CT molecular complexity index is 123. The fraction of sp³-hybridized carbons (Fsp3) is 0.429. The molecule has 3 heteroatoms. The van der Waals surface area contributed by atoms with Crippen LogP contribution in [0.1, 0.15) is 20.3 Å². The predicted octanol–water partition coefficient (Wildman–Crippen LogP) is 2.93. The van der Waals surface area contributed by atoms with Crippen molar-refractivity contribution in [2.24, 2.45) is 0 Å². The van der Waals surface area contributed by atoms with Crippen LogP contribution in [0.2, 0.25) is 0 Å². The number of halogens is 2. The van der Waals surface area contributed by atoms with Crippen LogP contribution in [0.4, 0.5) is 0 Å². The van der Waals surface area contributed by atoms with Gasteiger partial charge in [-0.3, -0.25) is 6.08 Å². The van der Waals surface area contributed by atoms with Crippen LogP contribution < -0.4 is 0 Å². The van der Waals surface area contributed by atoms with Crippen LogP contribution in [0.3, 0.4) is 0 Å². The maximum absolute atomic E-state index is 3.19. The van der Waals surface area contributed by atoms with Crippen molar-refractivity contribution in [2.75, 3.05) is 0 Å². The SMILES string of the molecule is CC1=[C-]CC=C1C.Cl.Cl.[Hf]. The summed E-state index contributed by atoms with van der Waals surface area (Å²) in [5, 5.41) is 0. The normalized spacial score (nSPS) is 13.4. The summed E-state index contributed by atoms with van der Waals surface area (Å²) in [5.41, 5.74) is 2.71. The Morgan fingerprint density at radius 2 is 1.80 bits per heavy atom. The van der Waals surface area contributed by atoms with Gasteiger partial charge >= 0.3 is 0 Å². The zero-order chi connectivity index (χ0) is 5.28. The van der Waals surface area contributed by atoms with Crippen LogP contribution in [0.5, 0.6) is 0 Å². The smallest absolute Gasteiger partial charge is 0 e. The second-order valence-corrected chi connectivity index (χ2v) is 1.89. The van der Waals surface area contributed by atoms with E-state index in [4.69, 9.17) is 0 Å². The Kier molecular flexibility index (Phi) is 13.8. The monoisotopic (exact) mass is 345 g/mol. The number of hydrogen-bond donors (Lipinski definition) is 0. The molecule has 0 aliphatic heterocycles. The summed E-state index contributed by atoms with van der Waals surface area (Å²) in [7, 11) is 0. The average molecular weight is 345 g/mol. The van der Waals surface area contributed by atoms with Gasteiger partial charge in [0.05, 0.1) is 0 Å². The summed E-state index contributed by atoms with van der Waals surface area (Å²) in [6.07, 6.45) is 6.41. The first-order valence-electron chi connectivity index (χ1n) is 2.55. The Hall–Kier alpha value is 0.930. The van der Waals surface area contributed by atoms with Gasteiger partial charge in [-0.25, -0.2) is 11.1 Å². The van der Waals surface area contributed by atoms with Gasteiger partial charge in [0, 0.05) is 25.8 Å². The molecule has 0 radical (unpaired) electrons. The molecule has 0 aromatic rings. The molecule has 0 unspecified atom stereocenters. The topological polar surface area (TPSA) is 0 Å². The van der Waals surface area contributed by atoms with Crippen LogP contribution in [-0.4, -0.2) is 0 Å². The fourth-order valence-corrected chi connectivity index (χ4v) is 0.650. The van der Waals surface area contributed by atoms with Crippen molar-refractivity contribution >= 4 is 24.8 Å². The standard InChI is InChI=1S/C7H9.2ClH.Hf/c1-6-4-3-5-7(6)2;;;/h4H,3H2,1-2H3;2*1H;/q-1;;;. The quantitative estimate of drug-likeness (QED) is 0.468. The molecular formula is C7H11Cl2Hf-. The van der Waals surface area contributed by atoms with Crippen LogP contribution in [-0.2, 0) is 25.8 Å². The summed E-state index contributed by atoms with van der Waals surface area (Å²) in [6, 6.07) is 0. The maximum Gasteiger partial charge on any atom is 0 e. The molecule has 0 aromatic heterocycles. The third kappa shape index (κ3) is 4.70. The molecule has 0 atom stereocenters. The Balaban J connectivity index is -0.000000163. The molecule has 0 heterocycles. The van der Waals surface area contributed by atoms with E-state index in [1.165, 1.54) is 11.1 Å². The number of allylic oxidation sites excluding steroid dienone is 4. The fourth-order valence-electron chi connectivity index (χ4n) is 0.650. The van der Waals surface area contributed by atoms with E-state index in [-0.39, 0.29) is 50.7 Å². The van der Waals surface area contributed by atoms with E-state index in [2.05, 4.69) is 26.0 Å². The minimum Gasteiger partial charge on any atom is -0.270 e. The Labute approximate surface area is 93.8 Å². The van der Waals surface area contributed by atoms with Crippen LogP contribution >= 0.6 is 24.8 Å². The summed E-state index contributed by atoms with van der Waals surface area (Å²) < 4.78 is 0.